The van der Waals surface area contributed by atoms with E-state index in [1.165, 1.54) is 11.1 Å². The third-order valence-electron chi connectivity index (χ3n) is 4.51. The van der Waals surface area contributed by atoms with Gasteiger partial charge in [-0.15, -0.1) is 12.4 Å². The lowest BCUT2D eigenvalue weighted by Crippen LogP contribution is -2.41. The Labute approximate surface area is 164 Å². The number of nitrogens with two attached hydrogens (primary N) is 1. The summed E-state index contributed by atoms with van der Waals surface area (Å²) < 4.78 is 0. The fourth-order valence-electron chi connectivity index (χ4n) is 2.52. The van der Waals surface area contributed by atoms with Crippen molar-refractivity contribution >= 4 is 35.1 Å². The number of aromatic amines is 1. The lowest BCUT2D eigenvalue weighted by Gasteiger charge is -2.21. The van der Waals surface area contributed by atoms with Crippen molar-refractivity contribution < 1.29 is 9.59 Å². The molecule has 2 aromatic rings. The highest BCUT2D eigenvalue weighted by Gasteiger charge is 2.16. The highest BCUT2D eigenvalue weighted by atomic mass is 35.5. The number of carbonyl (C=O) groups excluding carboxylic acids is 2. The second kappa shape index (κ2) is 10.1. The number of halogens is 1. The van der Waals surface area contributed by atoms with E-state index < -0.39 is 5.91 Å². The highest BCUT2D eigenvalue weighted by Crippen LogP contribution is 2.07. The third-order valence-corrected chi connectivity index (χ3v) is 4.51. The standard InChI is InChI=1S/C19H26N4O3.ClH/c1-12(2)15(20)8-9-23(3)17(24)11-22-19(26)14-10-21-16-7-5-4-6-13(16)18(14)25;/h4-7,10,12,15H,8-9,11,20H2,1-3H3,(H,21,25)(H,22,26);1H. The lowest BCUT2D eigenvalue weighted by molar-refractivity contribution is -0.128. The zero-order valence-electron chi connectivity index (χ0n) is 15.8. The van der Waals surface area contributed by atoms with Gasteiger partial charge in [0.15, 0.2) is 0 Å². The number of likely N-dealkylation sites (N-methyl/N-ethyl adjacent to an activating group) is 1. The van der Waals surface area contributed by atoms with Crippen LogP contribution in [-0.2, 0) is 4.79 Å². The van der Waals surface area contributed by atoms with E-state index in [9.17, 15) is 14.4 Å². The van der Waals surface area contributed by atoms with Crippen LogP contribution in [-0.4, -0.2) is 47.9 Å². The first-order valence-electron chi connectivity index (χ1n) is 8.69. The van der Waals surface area contributed by atoms with Gasteiger partial charge < -0.3 is 20.9 Å². The Morgan fingerprint density at radius 2 is 1.93 bits per heavy atom. The second-order valence-corrected chi connectivity index (χ2v) is 6.77. The van der Waals surface area contributed by atoms with Gasteiger partial charge in [0, 0.05) is 36.7 Å². The summed E-state index contributed by atoms with van der Waals surface area (Å²) in [6.45, 7) is 4.42. The SMILES string of the molecule is CC(C)C(N)CCN(C)C(=O)CNC(=O)c1c[nH]c2ccccc2c1=O.Cl. The molecule has 7 nitrogen and oxygen atoms in total. The van der Waals surface area contributed by atoms with Crippen LogP contribution < -0.4 is 16.5 Å². The second-order valence-electron chi connectivity index (χ2n) is 6.77. The predicted octanol–water partition coefficient (Wildman–Crippen LogP) is 1.51. The summed E-state index contributed by atoms with van der Waals surface area (Å²) in [5.41, 5.74) is 6.26. The van der Waals surface area contributed by atoms with Crippen molar-refractivity contribution in [1.29, 1.82) is 0 Å². The molecule has 8 heteroatoms. The molecule has 2 amide bonds. The van der Waals surface area contributed by atoms with E-state index in [2.05, 4.69) is 10.3 Å². The van der Waals surface area contributed by atoms with E-state index >= 15 is 0 Å². The van der Waals surface area contributed by atoms with E-state index in [-0.39, 0.29) is 41.9 Å². The van der Waals surface area contributed by atoms with Crippen LogP contribution >= 0.6 is 12.4 Å². The largest absolute Gasteiger partial charge is 0.360 e. The van der Waals surface area contributed by atoms with Crippen LogP contribution in [0.1, 0.15) is 30.6 Å². The van der Waals surface area contributed by atoms with Crippen LogP contribution in [0, 0.1) is 5.92 Å². The van der Waals surface area contributed by atoms with E-state index in [4.69, 9.17) is 5.73 Å². The minimum absolute atomic E-state index is 0. The van der Waals surface area contributed by atoms with Crippen LogP contribution in [0.2, 0.25) is 0 Å². The molecule has 1 aromatic heterocycles. The average molecular weight is 395 g/mol. The van der Waals surface area contributed by atoms with Crippen molar-refractivity contribution in [3.8, 4) is 0 Å². The van der Waals surface area contributed by atoms with Gasteiger partial charge in [-0.05, 0) is 24.5 Å². The summed E-state index contributed by atoms with van der Waals surface area (Å²) in [7, 11) is 1.67. The number of amides is 2. The average Bonchev–Trinajstić information content (AvgIpc) is 2.63. The summed E-state index contributed by atoms with van der Waals surface area (Å²) >= 11 is 0. The number of para-hydroxylation sites is 1. The van der Waals surface area contributed by atoms with Crippen molar-refractivity contribution in [3.05, 3.63) is 46.2 Å². The van der Waals surface area contributed by atoms with Crippen molar-refractivity contribution in [1.82, 2.24) is 15.2 Å². The van der Waals surface area contributed by atoms with Crippen molar-refractivity contribution in [2.24, 2.45) is 11.7 Å². The van der Waals surface area contributed by atoms with Gasteiger partial charge in [-0.3, -0.25) is 14.4 Å². The van der Waals surface area contributed by atoms with Crippen LogP contribution in [0.3, 0.4) is 0 Å². The molecule has 4 N–H and O–H groups in total. The molecule has 0 aliphatic heterocycles. The van der Waals surface area contributed by atoms with E-state index in [1.54, 1.807) is 31.3 Å². The quantitative estimate of drug-likeness (QED) is 0.661. The fraction of sp³-hybridized carbons (Fsp3) is 0.421. The number of rotatable bonds is 7. The molecule has 0 saturated carbocycles. The molecule has 1 unspecified atom stereocenters. The van der Waals surface area contributed by atoms with Gasteiger partial charge >= 0.3 is 0 Å². The molecular formula is C19H27ClN4O3. The van der Waals surface area contributed by atoms with Gasteiger partial charge in [0.2, 0.25) is 11.3 Å². The lowest BCUT2D eigenvalue weighted by atomic mass is 10.0. The number of nitrogens with one attached hydrogen (secondary N) is 2. The molecular weight excluding hydrogens is 368 g/mol. The number of H-pyrrole nitrogens is 1. The molecule has 1 aromatic carbocycles. The van der Waals surface area contributed by atoms with E-state index in [1.807, 2.05) is 13.8 Å². The minimum Gasteiger partial charge on any atom is -0.360 e. The number of hydrogen-bond donors (Lipinski definition) is 3. The van der Waals surface area contributed by atoms with Gasteiger partial charge in [0.1, 0.15) is 5.56 Å². The molecule has 0 bridgehead atoms. The minimum atomic E-state index is -0.572. The maximum absolute atomic E-state index is 12.4. The topological polar surface area (TPSA) is 108 Å². The number of pyridine rings is 1. The smallest absolute Gasteiger partial charge is 0.257 e. The van der Waals surface area contributed by atoms with Crippen LogP contribution in [0.15, 0.2) is 35.3 Å². The zero-order valence-corrected chi connectivity index (χ0v) is 16.6. The summed E-state index contributed by atoms with van der Waals surface area (Å²) in [6.07, 6.45) is 2.06. The number of nitrogens with zero attached hydrogens (tertiary/aromatic N) is 1. The fourth-order valence-corrected chi connectivity index (χ4v) is 2.52. The molecule has 2 rings (SSSR count). The predicted molar refractivity (Wildman–Crippen MR) is 109 cm³/mol. The first-order chi connectivity index (χ1) is 12.3. The number of aromatic nitrogens is 1. The molecule has 0 fully saturated rings. The summed E-state index contributed by atoms with van der Waals surface area (Å²) in [5.74, 6) is -0.456. The summed E-state index contributed by atoms with van der Waals surface area (Å²) in [4.78, 5) is 41.3. The Kier molecular flexibility index (Phi) is 8.46. The molecule has 0 saturated heterocycles. The zero-order chi connectivity index (χ0) is 19.3. The highest BCUT2D eigenvalue weighted by molar-refractivity contribution is 5.98. The maximum Gasteiger partial charge on any atom is 0.257 e. The third kappa shape index (κ3) is 5.80. The number of carbonyl (C=O) groups is 2. The van der Waals surface area contributed by atoms with Crippen molar-refractivity contribution in [3.63, 3.8) is 0 Å². The molecule has 27 heavy (non-hydrogen) atoms. The van der Waals surface area contributed by atoms with E-state index in [0.717, 1.165) is 0 Å². The Morgan fingerprint density at radius 1 is 1.26 bits per heavy atom. The molecule has 0 aliphatic rings. The Balaban J connectivity index is 0.00000364. The van der Waals surface area contributed by atoms with Crippen LogP contribution in [0.5, 0.6) is 0 Å². The Hall–Kier alpha value is -2.38. The Bertz CT molecular complexity index is 850. The number of hydrogen-bond acceptors (Lipinski definition) is 4. The van der Waals surface area contributed by atoms with Gasteiger partial charge in [0.05, 0.1) is 6.54 Å². The first kappa shape index (κ1) is 22.7. The van der Waals surface area contributed by atoms with Gasteiger partial charge in [-0.25, -0.2) is 0 Å². The number of benzene rings is 1. The van der Waals surface area contributed by atoms with Crippen LogP contribution in [0.4, 0.5) is 0 Å². The summed E-state index contributed by atoms with van der Waals surface area (Å²) in [5, 5.41) is 2.95. The monoisotopic (exact) mass is 394 g/mol. The van der Waals surface area contributed by atoms with Crippen molar-refractivity contribution in [2.45, 2.75) is 26.3 Å². The summed E-state index contributed by atoms with van der Waals surface area (Å²) in [6, 6.07) is 6.98. The van der Waals surface area contributed by atoms with Gasteiger partial charge in [-0.1, -0.05) is 26.0 Å². The van der Waals surface area contributed by atoms with E-state index in [0.29, 0.717) is 29.8 Å². The Morgan fingerprint density at radius 3 is 2.59 bits per heavy atom. The first-order valence-corrected chi connectivity index (χ1v) is 8.69. The van der Waals surface area contributed by atoms with Gasteiger partial charge in [-0.2, -0.15) is 0 Å². The van der Waals surface area contributed by atoms with Crippen molar-refractivity contribution in [2.75, 3.05) is 20.1 Å². The molecule has 0 radical (unpaired) electrons. The molecule has 1 atom stereocenters. The van der Waals surface area contributed by atoms with Crippen LogP contribution in [0.25, 0.3) is 10.9 Å². The molecule has 148 valence electrons. The van der Waals surface area contributed by atoms with Gasteiger partial charge in [0.25, 0.3) is 5.91 Å². The molecule has 0 aliphatic carbocycles. The molecule has 0 spiro atoms. The maximum atomic E-state index is 12.4. The number of fused-ring (bicyclic) bond motifs is 1. The molecule has 1 heterocycles. The normalized spacial score (nSPS) is 11.7.